The van der Waals surface area contributed by atoms with Crippen LogP contribution in [0, 0.1) is 5.92 Å². The van der Waals surface area contributed by atoms with E-state index in [9.17, 15) is 14.7 Å². The standard InChI is InChI=1S/C14H17NO4/c1-9(2)14(18)11(12(16)19-3)15(13(14)17)10-7-5-4-6-8-10/h4-9,11,18H,1-3H3/t11-,14-/m1/s1. The first-order valence-electron chi connectivity index (χ1n) is 6.13. The third-order valence-electron chi connectivity index (χ3n) is 3.58. The Kier molecular flexibility index (Phi) is 3.32. The van der Waals surface area contributed by atoms with Gasteiger partial charge in [-0.05, 0) is 18.1 Å². The Morgan fingerprint density at radius 3 is 2.42 bits per heavy atom. The second kappa shape index (κ2) is 4.66. The number of anilines is 1. The zero-order valence-corrected chi connectivity index (χ0v) is 11.2. The van der Waals surface area contributed by atoms with Gasteiger partial charge in [-0.2, -0.15) is 0 Å². The molecule has 0 aliphatic carbocycles. The van der Waals surface area contributed by atoms with Crippen LogP contribution in [-0.4, -0.2) is 35.7 Å². The molecule has 0 aromatic heterocycles. The van der Waals surface area contributed by atoms with Crippen LogP contribution in [-0.2, 0) is 14.3 Å². The molecule has 1 aliphatic heterocycles. The Hall–Kier alpha value is -1.88. The quantitative estimate of drug-likeness (QED) is 0.651. The zero-order valence-electron chi connectivity index (χ0n) is 11.2. The second-order valence-electron chi connectivity index (χ2n) is 4.92. The molecule has 0 radical (unpaired) electrons. The minimum atomic E-state index is -1.69. The van der Waals surface area contributed by atoms with Gasteiger partial charge in [0.2, 0.25) is 0 Å². The van der Waals surface area contributed by atoms with Gasteiger partial charge >= 0.3 is 5.97 Å². The van der Waals surface area contributed by atoms with E-state index in [0.29, 0.717) is 5.69 Å². The molecule has 2 atom stereocenters. The third-order valence-corrected chi connectivity index (χ3v) is 3.58. The van der Waals surface area contributed by atoms with Gasteiger partial charge in [-0.3, -0.25) is 9.69 Å². The summed E-state index contributed by atoms with van der Waals surface area (Å²) in [5, 5.41) is 10.5. The zero-order chi connectivity index (χ0) is 14.2. The van der Waals surface area contributed by atoms with Crippen LogP contribution in [0.3, 0.4) is 0 Å². The number of carbonyl (C=O) groups is 2. The van der Waals surface area contributed by atoms with Crippen molar-refractivity contribution in [3.63, 3.8) is 0 Å². The van der Waals surface area contributed by atoms with Crippen LogP contribution >= 0.6 is 0 Å². The van der Waals surface area contributed by atoms with Gasteiger partial charge in [-0.15, -0.1) is 0 Å². The summed E-state index contributed by atoms with van der Waals surface area (Å²) in [4.78, 5) is 25.4. The monoisotopic (exact) mass is 263 g/mol. The number of benzene rings is 1. The van der Waals surface area contributed by atoms with E-state index < -0.39 is 23.5 Å². The summed E-state index contributed by atoms with van der Waals surface area (Å²) < 4.78 is 4.71. The van der Waals surface area contributed by atoms with Gasteiger partial charge in [0, 0.05) is 5.69 Å². The van der Waals surface area contributed by atoms with Crippen LogP contribution in [0.1, 0.15) is 13.8 Å². The van der Waals surface area contributed by atoms with E-state index in [1.54, 1.807) is 38.1 Å². The van der Waals surface area contributed by atoms with Crippen LogP contribution in [0.4, 0.5) is 5.69 Å². The van der Waals surface area contributed by atoms with Crippen LogP contribution in [0.25, 0.3) is 0 Å². The summed E-state index contributed by atoms with van der Waals surface area (Å²) in [6.07, 6.45) is 0. The highest BCUT2D eigenvalue weighted by Gasteiger charge is 2.65. The summed E-state index contributed by atoms with van der Waals surface area (Å²) in [7, 11) is 1.25. The number of rotatable bonds is 3. The lowest BCUT2D eigenvalue weighted by molar-refractivity contribution is -0.174. The molecule has 1 heterocycles. The molecule has 5 nitrogen and oxygen atoms in total. The van der Waals surface area contributed by atoms with Gasteiger partial charge in [-0.25, -0.2) is 4.79 Å². The Balaban J connectivity index is 2.41. The van der Waals surface area contributed by atoms with Crippen molar-refractivity contribution in [2.24, 2.45) is 5.92 Å². The van der Waals surface area contributed by atoms with E-state index in [4.69, 9.17) is 4.74 Å². The number of carbonyl (C=O) groups excluding carboxylic acids is 2. The maximum Gasteiger partial charge on any atom is 0.332 e. The topological polar surface area (TPSA) is 66.8 Å². The molecule has 5 heteroatoms. The highest BCUT2D eigenvalue weighted by Crippen LogP contribution is 2.40. The maximum absolute atomic E-state index is 12.2. The number of hydrogen-bond donors (Lipinski definition) is 1. The molecule has 1 aromatic rings. The van der Waals surface area contributed by atoms with Crippen molar-refractivity contribution >= 4 is 17.6 Å². The summed E-state index contributed by atoms with van der Waals surface area (Å²) in [5.41, 5.74) is -1.11. The molecule has 1 fully saturated rings. The lowest BCUT2D eigenvalue weighted by Crippen LogP contribution is -2.79. The number of methoxy groups -OCH3 is 1. The minimum Gasteiger partial charge on any atom is -0.467 e. The largest absolute Gasteiger partial charge is 0.467 e. The molecule has 102 valence electrons. The molecule has 0 bridgehead atoms. The fourth-order valence-corrected chi connectivity index (χ4v) is 2.37. The minimum absolute atomic E-state index is 0.371. The van der Waals surface area contributed by atoms with Crippen molar-refractivity contribution in [1.82, 2.24) is 0 Å². The number of esters is 1. The highest BCUT2D eigenvalue weighted by atomic mass is 16.5. The van der Waals surface area contributed by atoms with Crippen molar-refractivity contribution in [2.45, 2.75) is 25.5 Å². The predicted molar refractivity (Wildman–Crippen MR) is 69.5 cm³/mol. The van der Waals surface area contributed by atoms with Gasteiger partial charge in [-0.1, -0.05) is 32.0 Å². The van der Waals surface area contributed by atoms with Gasteiger partial charge in [0.15, 0.2) is 11.6 Å². The Morgan fingerprint density at radius 1 is 1.37 bits per heavy atom. The van der Waals surface area contributed by atoms with E-state index in [1.165, 1.54) is 12.0 Å². The maximum atomic E-state index is 12.2. The molecule has 19 heavy (non-hydrogen) atoms. The summed E-state index contributed by atoms with van der Waals surface area (Å²) >= 11 is 0. The smallest absolute Gasteiger partial charge is 0.332 e. The Bertz CT molecular complexity index is 499. The number of ether oxygens (including phenoxy) is 1. The molecule has 1 amide bonds. The lowest BCUT2D eigenvalue weighted by atomic mass is 9.73. The van der Waals surface area contributed by atoms with Crippen LogP contribution in [0.5, 0.6) is 0 Å². The van der Waals surface area contributed by atoms with Crippen molar-refractivity contribution in [3.8, 4) is 0 Å². The summed E-state index contributed by atoms with van der Waals surface area (Å²) in [6.45, 7) is 3.41. The second-order valence-corrected chi connectivity index (χ2v) is 4.92. The molecule has 0 saturated carbocycles. The number of β-lactam (4-membered cyclic amide) rings is 1. The predicted octanol–water partition coefficient (Wildman–Crippen LogP) is 0.962. The van der Waals surface area contributed by atoms with E-state index in [0.717, 1.165) is 0 Å². The fourth-order valence-electron chi connectivity index (χ4n) is 2.37. The molecule has 1 N–H and O–H groups in total. The molecule has 1 saturated heterocycles. The first-order valence-corrected chi connectivity index (χ1v) is 6.13. The van der Waals surface area contributed by atoms with E-state index >= 15 is 0 Å². The van der Waals surface area contributed by atoms with Crippen molar-refractivity contribution in [2.75, 3.05) is 12.0 Å². The lowest BCUT2D eigenvalue weighted by Gasteiger charge is -2.52. The van der Waals surface area contributed by atoms with Crippen LogP contribution in [0.15, 0.2) is 30.3 Å². The molecule has 2 rings (SSSR count). The van der Waals surface area contributed by atoms with Crippen molar-refractivity contribution in [3.05, 3.63) is 30.3 Å². The van der Waals surface area contributed by atoms with E-state index in [-0.39, 0.29) is 5.92 Å². The van der Waals surface area contributed by atoms with Gasteiger partial charge in [0.05, 0.1) is 7.11 Å². The molecular weight excluding hydrogens is 246 g/mol. The average Bonchev–Trinajstić information content (AvgIpc) is 2.43. The van der Waals surface area contributed by atoms with Gasteiger partial charge < -0.3 is 9.84 Å². The molecule has 1 aromatic carbocycles. The summed E-state index contributed by atoms with van der Waals surface area (Å²) in [5.74, 6) is -1.45. The van der Waals surface area contributed by atoms with Gasteiger partial charge in [0.1, 0.15) is 0 Å². The molecular formula is C14H17NO4. The fraction of sp³-hybridized carbons (Fsp3) is 0.429. The first kappa shape index (κ1) is 13.5. The number of hydrogen-bond acceptors (Lipinski definition) is 4. The third kappa shape index (κ3) is 1.81. The molecule has 0 spiro atoms. The number of aliphatic hydroxyl groups is 1. The first-order chi connectivity index (χ1) is 8.94. The molecule has 0 unspecified atom stereocenters. The van der Waals surface area contributed by atoms with Crippen LogP contribution < -0.4 is 4.90 Å². The van der Waals surface area contributed by atoms with E-state index in [2.05, 4.69) is 0 Å². The van der Waals surface area contributed by atoms with Crippen LogP contribution in [0.2, 0.25) is 0 Å². The number of para-hydroxylation sites is 1. The highest BCUT2D eigenvalue weighted by molar-refractivity contribution is 6.15. The SMILES string of the molecule is COC(=O)[C@H]1N(c2ccccc2)C(=O)[C@@]1(O)C(C)C. The Labute approximate surface area is 111 Å². The van der Waals surface area contributed by atoms with Gasteiger partial charge in [0.25, 0.3) is 5.91 Å². The molecule has 1 aliphatic rings. The van der Waals surface area contributed by atoms with E-state index in [1.807, 2.05) is 6.07 Å². The normalized spacial score (nSPS) is 26.3. The Morgan fingerprint density at radius 2 is 1.95 bits per heavy atom. The number of nitrogens with zero attached hydrogens (tertiary/aromatic N) is 1. The number of amides is 1. The summed E-state index contributed by atoms with van der Waals surface area (Å²) in [6, 6.07) is 7.79. The van der Waals surface area contributed by atoms with Crippen molar-refractivity contribution in [1.29, 1.82) is 0 Å². The van der Waals surface area contributed by atoms with Crippen molar-refractivity contribution < 1.29 is 19.4 Å². The average molecular weight is 263 g/mol.